The number of rotatable bonds is 6. The number of benzene rings is 3. The highest BCUT2D eigenvalue weighted by molar-refractivity contribution is 7.89. The minimum atomic E-state index is -3.89. The fourth-order valence-electron chi connectivity index (χ4n) is 3.78. The second-order valence-electron chi connectivity index (χ2n) is 7.43. The van der Waals surface area contributed by atoms with Crippen molar-refractivity contribution in [2.45, 2.75) is 24.3 Å². The Morgan fingerprint density at radius 1 is 0.969 bits per heavy atom. The molecule has 32 heavy (non-hydrogen) atoms. The van der Waals surface area contributed by atoms with E-state index >= 15 is 0 Å². The average molecular weight is 471 g/mol. The molecule has 3 aromatic carbocycles. The lowest BCUT2D eigenvalue weighted by Gasteiger charge is -2.24. The molecule has 0 saturated heterocycles. The van der Waals surface area contributed by atoms with Crippen molar-refractivity contribution in [1.82, 2.24) is 4.41 Å². The summed E-state index contributed by atoms with van der Waals surface area (Å²) >= 11 is 6.06. The summed E-state index contributed by atoms with van der Waals surface area (Å²) in [6.07, 6.45) is 0.405. The monoisotopic (exact) mass is 470 g/mol. The molecule has 0 aromatic heterocycles. The zero-order chi connectivity index (χ0) is 22.9. The topological polar surface area (TPSA) is 68.2 Å². The molecule has 0 aliphatic carbocycles. The third-order valence-corrected chi connectivity index (χ3v) is 7.56. The van der Waals surface area contributed by atoms with Gasteiger partial charge in [0.05, 0.1) is 30.9 Å². The number of nitrogens with zero attached hydrogens (tertiary/aromatic N) is 2. The first-order valence-corrected chi connectivity index (χ1v) is 11.8. The van der Waals surface area contributed by atoms with Crippen LogP contribution in [0.15, 0.2) is 76.7 Å². The standard InChI is InChI=1S/C24H23ClN2O4S/c1-16-6-4-5-7-24(16)32(28,29)27-21(17-8-11-19(25)12-9-17)15-20(26-27)18-10-13-22(30-2)23(14-18)31-3/h4-14,21H,15H2,1-3H3/t21-/m1/s1. The lowest BCUT2D eigenvalue weighted by Crippen LogP contribution is -2.27. The van der Waals surface area contributed by atoms with E-state index in [1.54, 1.807) is 63.6 Å². The normalized spacial score (nSPS) is 16.1. The summed E-state index contributed by atoms with van der Waals surface area (Å²) in [4.78, 5) is 0.233. The second-order valence-corrected chi connectivity index (χ2v) is 9.63. The number of hydrogen-bond acceptors (Lipinski definition) is 5. The Morgan fingerprint density at radius 3 is 2.31 bits per heavy atom. The van der Waals surface area contributed by atoms with Crippen LogP contribution in [0.3, 0.4) is 0 Å². The van der Waals surface area contributed by atoms with Crippen LogP contribution < -0.4 is 9.47 Å². The van der Waals surface area contributed by atoms with Crippen LogP contribution >= 0.6 is 11.6 Å². The molecule has 0 spiro atoms. The Bertz CT molecular complexity index is 1270. The minimum Gasteiger partial charge on any atom is -0.493 e. The quantitative estimate of drug-likeness (QED) is 0.496. The number of hydrogen-bond donors (Lipinski definition) is 0. The molecule has 4 rings (SSSR count). The van der Waals surface area contributed by atoms with Crippen LogP contribution in [0.2, 0.25) is 5.02 Å². The third kappa shape index (κ3) is 4.06. The van der Waals surface area contributed by atoms with E-state index in [2.05, 4.69) is 5.10 Å². The van der Waals surface area contributed by atoms with E-state index in [1.807, 2.05) is 24.3 Å². The lowest BCUT2D eigenvalue weighted by molar-refractivity contribution is 0.355. The summed E-state index contributed by atoms with van der Waals surface area (Å²) in [5.74, 6) is 1.14. The van der Waals surface area contributed by atoms with Gasteiger partial charge in [0.1, 0.15) is 0 Å². The highest BCUT2D eigenvalue weighted by atomic mass is 35.5. The molecule has 0 bridgehead atoms. The van der Waals surface area contributed by atoms with Crippen molar-refractivity contribution in [2.24, 2.45) is 5.10 Å². The van der Waals surface area contributed by atoms with Crippen molar-refractivity contribution in [3.05, 3.63) is 88.4 Å². The van der Waals surface area contributed by atoms with E-state index < -0.39 is 16.1 Å². The van der Waals surface area contributed by atoms with Gasteiger partial charge < -0.3 is 9.47 Å². The van der Waals surface area contributed by atoms with E-state index in [4.69, 9.17) is 21.1 Å². The van der Waals surface area contributed by atoms with Gasteiger partial charge in [0.15, 0.2) is 11.5 Å². The van der Waals surface area contributed by atoms with Gasteiger partial charge in [0.2, 0.25) is 0 Å². The van der Waals surface area contributed by atoms with Gasteiger partial charge >= 0.3 is 0 Å². The summed E-state index contributed by atoms with van der Waals surface area (Å²) in [5.41, 5.74) is 2.88. The predicted octanol–water partition coefficient (Wildman–Crippen LogP) is 5.21. The SMILES string of the molecule is COc1ccc(C2=NN(S(=O)(=O)c3ccccc3C)[C@@H](c3ccc(Cl)cc3)C2)cc1OC. The van der Waals surface area contributed by atoms with E-state index in [0.717, 1.165) is 11.1 Å². The fourth-order valence-corrected chi connectivity index (χ4v) is 5.57. The van der Waals surface area contributed by atoms with Crippen molar-refractivity contribution in [3.63, 3.8) is 0 Å². The number of halogens is 1. The van der Waals surface area contributed by atoms with Gasteiger partial charge in [-0.1, -0.05) is 41.9 Å². The molecule has 1 aliphatic heterocycles. The first-order chi connectivity index (χ1) is 15.3. The molecular formula is C24H23ClN2O4S. The molecule has 0 N–H and O–H groups in total. The Morgan fingerprint density at radius 2 is 1.66 bits per heavy atom. The Balaban J connectivity index is 1.82. The number of hydrazone groups is 1. The molecule has 8 heteroatoms. The van der Waals surface area contributed by atoms with Gasteiger partial charge in [-0.05, 0) is 54.4 Å². The number of aryl methyl sites for hydroxylation is 1. The molecule has 0 saturated carbocycles. The molecule has 6 nitrogen and oxygen atoms in total. The molecule has 166 valence electrons. The summed E-state index contributed by atoms with van der Waals surface area (Å²) in [7, 11) is -0.763. The largest absolute Gasteiger partial charge is 0.493 e. The maximum absolute atomic E-state index is 13.7. The summed E-state index contributed by atoms with van der Waals surface area (Å²) in [6.45, 7) is 1.78. The molecule has 0 amide bonds. The number of ether oxygens (including phenoxy) is 2. The van der Waals surface area contributed by atoms with Gasteiger partial charge in [-0.2, -0.15) is 17.9 Å². The van der Waals surface area contributed by atoms with Gasteiger partial charge in [0, 0.05) is 17.0 Å². The summed E-state index contributed by atoms with van der Waals surface area (Å²) in [6, 6.07) is 19.0. The average Bonchev–Trinajstić information content (AvgIpc) is 3.25. The lowest BCUT2D eigenvalue weighted by atomic mass is 9.99. The smallest absolute Gasteiger partial charge is 0.279 e. The van der Waals surface area contributed by atoms with Crippen LogP contribution in [0.5, 0.6) is 11.5 Å². The summed E-state index contributed by atoms with van der Waals surface area (Å²) in [5, 5.41) is 5.18. The van der Waals surface area contributed by atoms with E-state index in [9.17, 15) is 8.42 Å². The summed E-state index contributed by atoms with van der Waals surface area (Å²) < 4.78 is 39.3. The van der Waals surface area contributed by atoms with Crippen LogP contribution in [0, 0.1) is 6.92 Å². The maximum Gasteiger partial charge on any atom is 0.279 e. The molecule has 1 heterocycles. The molecule has 1 atom stereocenters. The zero-order valence-electron chi connectivity index (χ0n) is 17.9. The molecule has 0 radical (unpaired) electrons. The van der Waals surface area contributed by atoms with Crippen LogP contribution in [-0.4, -0.2) is 32.8 Å². The maximum atomic E-state index is 13.7. The van der Waals surface area contributed by atoms with Gasteiger partial charge in [-0.25, -0.2) is 0 Å². The molecule has 3 aromatic rings. The highest BCUT2D eigenvalue weighted by Crippen LogP contribution is 2.39. The molecule has 1 aliphatic rings. The Labute approximate surface area is 193 Å². The minimum absolute atomic E-state index is 0.233. The number of sulfonamides is 1. The van der Waals surface area contributed by atoms with Crippen molar-refractivity contribution in [1.29, 1.82) is 0 Å². The van der Waals surface area contributed by atoms with Gasteiger partial charge in [-0.15, -0.1) is 0 Å². The van der Waals surface area contributed by atoms with Gasteiger partial charge in [-0.3, -0.25) is 0 Å². The van der Waals surface area contributed by atoms with Crippen LogP contribution in [-0.2, 0) is 10.0 Å². The van der Waals surface area contributed by atoms with Crippen molar-refractivity contribution in [3.8, 4) is 11.5 Å². The van der Waals surface area contributed by atoms with E-state index in [1.165, 1.54) is 4.41 Å². The van der Waals surface area contributed by atoms with Crippen molar-refractivity contribution >= 4 is 27.3 Å². The van der Waals surface area contributed by atoms with Crippen molar-refractivity contribution in [2.75, 3.05) is 14.2 Å². The molecule has 0 unspecified atom stereocenters. The van der Waals surface area contributed by atoms with E-state index in [-0.39, 0.29) is 4.90 Å². The van der Waals surface area contributed by atoms with E-state index in [0.29, 0.717) is 34.2 Å². The Kier molecular flexibility index (Phi) is 6.13. The molecule has 0 fully saturated rings. The van der Waals surface area contributed by atoms with Crippen molar-refractivity contribution < 1.29 is 17.9 Å². The third-order valence-electron chi connectivity index (χ3n) is 5.46. The van der Waals surface area contributed by atoms with Crippen LogP contribution in [0.1, 0.15) is 29.2 Å². The van der Waals surface area contributed by atoms with Crippen LogP contribution in [0.4, 0.5) is 0 Å². The number of methoxy groups -OCH3 is 2. The molecular weight excluding hydrogens is 448 g/mol. The highest BCUT2D eigenvalue weighted by Gasteiger charge is 2.38. The fraction of sp³-hybridized carbons (Fsp3) is 0.208. The second kappa shape index (κ2) is 8.84. The first-order valence-electron chi connectivity index (χ1n) is 10.0. The zero-order valence-corrected chi connectivity index (χ0v) is 19.5. The Hall–Kier alpha value is -3.03. The predicted molar refractivity (Wildman–Crippen MR) is 125 cm³/mol. The first kappa shape index (κ1) is 22.2. The van der Waals surface area contributed by atoms with Gasteiger partial charge in [0.25, 0.3) is 10.0 Å². The van der Waals surface area contributed by atoms with Crippen LogP contribution in [0.25, 0.3) is 0 Å².